The molecule has 1 aliphatic rings. The van der Waals surface area contributed by atoms with E-state index in [0.717, 1.165) is 30.8 Å². The maximum atomic E-state index is 12.0. The van der Waals surface area contributed by atoms with Crippen molar-refractivity contribution in [3.05, 3.63) is 29.8 Å². The lowest BCUT2D eigenvalue weighted by atomic mass is 10.1. The Morgan fingerprint density at radius 3 is 2.68 bits per heavy atom. The molecule has 1 fully saturated rings. The van der Waals surface area contributed by atoms with Gasteiger partial charge in [0, 0.05) is 18.8 Å². The van der Waals surface area contributed by atoms with Crippen LogP contribution in [-0.4, -0.2) is 47.9 Å². The number of anilines is 1. The molecule has 120 valence electrons. The number of nitrogens with one attached hydrogen (secondary N) is 1. The summed E-state index contributed by atoms with van der Waals surface area (Å²) in [5, 5.41) is 2.83. The van der Waals surface area contributed by atoms with E-state index in [-0.39, 0.29) is 17.6 Å². The molecule has 5 nitrogen and oxygen atoms in total. The van der Waals surface area contributed by atoms with Crippen molar-refractivity contribution in [3.63, 3.8) is 0 Å². The molecule has 1 heterocycles. The van der Waals surface area contributed by atoms with Gasteiger partial charge in [-0.2, -0.15) is 0 Å². The molecule has 3 N–H and O–H groups in total. The van der Waals surface area contributed by atoms with Crippen LogP contribution in [0.15, 0.2) is 24.3 Å². The van der Waals surface area contributed by atoms with Crippen molar-refractivity contribution < 1.29 is 9.59 Å². The number of likely N-dealkylation sites (tertiary alicyclic amines) is 1. The number of amides is 2. The number of carbonyl (C=O) groups excluding carboxylic acids is 2. The Labute approximate surface area is 135 Å². The van der Waals surface area contributed by atoms with Crippen molar-refractivity contribution in [3.8, 4) is 0 Å². The number of rotatable bonds is 6. The van der Waals surface area contributed by atoms with Crippen LogP contribution in [0.3, 0.4) is 0 Å². The van der Waals surface area contributed by atoms with Crippen LogP contribution in [-0.2, 0) is 9.59 Å². The highest BCUT2D eigenvalue weighted by atomic mass is 32.2. The van der Waals surface area contributed by atoms with Gasteiger partial charge in [0.05, 0.1) is 11.5 Å². The predicted molar refractivity (Wildman–Crippen MR) is 90.9 cm³/mol. The molecule has 0 spiro atoms. The van der Waals surface area contributed by atoms with E-state index in [0.29, 0.717) is 18.2 Å². The zero-order chi connectivity index (χ0) is 15.9. The number of thioether (sulfide) groups is 1. The molecule has 0 bridgehead atoms. The summed E-state index contributed by atoms with van der Waals surface area (Å²) >= 11 is 1.35. The summed E-state index contributed by atoms with van der Waals surface area (Å²) in [6.07, 6.45) is 0.987. The van der Waals surface area contributed by atoms with Crippen LogP contribution in [0.4, 0.5) is 5.69 Å². The van der Waals surface area contributed by atoms with Crippen molar-refractivity contribution in [1.29, 1.82) is 0 Å². The molecule has 1 unspecified atom stereocenters. The smallest absolute Gasteiger partial charge is 0.234 e. The monoisotopic (exact) mass is 321 g/mol. The summed E-state index contributed by atoms with van der Waals surface area (Å²) in [6, 6.07) is 7.65. The van der Waals surface area contributed by atoms with Crippen LogP contribution in [0.1, 0.15) is 12.0 Å². The first-order chi connectivity index (χ1) is 10.6. The van der Waals surface area contributed by atoms with Gasteiger partial charge >= 0.3 is 0 Å². The molecule has 0 aliphatic carbocycles. The molecule has 1 saturated heterocycles. The van der Waals surface area contributed by atoms with E-state index in [1.165, 1.54) is 11.8 Å². The zero-order valence-corrected chi connectivity index (χ0v) is 13.7. The molecule has 2 amide bonds. The molecular formula is C16H23N3O2S. The first-order valence-electron chi connectivity index (χ1n) is 7.50. The summed E-state index contributed by atoms with van der Waals surface area (Å²) in [5.74, 6) is 1.08. The summed E-state index contributed by atoms with van der Waals surface area (Å²) in [7, 11) is 0. The first-order valence-corrected chi connectivity index (χ1v) is 8.66. The Balaban J connectivity index is 1.66. The number of hydrogen-bond donors (Lipinski definition) is 2. The lowest BCUT2D eigenvalue weighted by molar-refractivity contribution is -0.127. The quantitative estimate of drug-likeness (QED) is 0.832. The Morgan fingerprint density at radius 2 is 2.05 bits per heavy atom. The second-order valence-corrected chi connectivity index (χ2v) is 6.62. The Bertz CT molecular complexity index is 519. The van der Waals surface area contributed by atoms with Gasteiger partial charge in [-0.3, -0.25) is 9.59 Å². The van der Waals surface area contributed by atoms with Crippen LogP contribution >= 0.6 is 11.8 Å². The largest absolute Gasteiger partial charge is 0.342 e. The normalized spacial score (nSPS) is 17.5. The summed E-state index contributed by atoms with van der Waals surface area (Å²) in [6.45, 7) is 4.18. The van der Waals surface area contributed by atoms with E-state index in [2.05, 4.69) is 5.32 Å². The Morgan fingerprint density at radius 1 is 1.32 bits per heavy atom. The number of hydrogen-bond acceptors (Lipinski definition) is 4. The molecule has 6 heteroatoms. The standard InChI is InChI=1S/C16H23N3O2S/c1-12-2-4-14(5-3-12)18-15(20)10-22-11-16(21)19-7-6-13(8-17)9-19/h2-5,13H,6-11,17H2,1H3,(H,18,20). The fourth-order valence-electron chi connectivity index (χ4n) is 2.41. The van der Waals surface area contributed by atoms with Crippen molar-refractivity contribution in [1.82, 2.24) is 4.90 Å². The summed E-state index contributed by atoms with van der Waals surface area (Å²) < 4.78 is 0. The third kappa shape index (κ3) is 5.03. The second kappa shape index (κ2) is 8.19. The average molecular weight is 321 g/mol. The maximum absolute atomic E-state index is 12.0. The van der Waals surface area contributed by atoms with Crippen molar-refractivity contribution in [2.45, 2.75) is 13.3 Å². The average Bonchev–Trinajstić information content (AvgIpc) is 2.98. The molecule has 0 aromatic heterocycles. The number of nitrogens with two attached hydrogens (primary N) is 1. The molecule has 1 aromatic rings. The first kappa shape index (κ1) is 16.8. The van der Waals surface area contributed by atoms with Gasteiger partial charge in [0.2, 0.25) is 11.8 Å². The number of aryl methyl sites for hydroxylation is 1. The summed E-state index contributed by atoms with van der Waals surface area (Å²) in [4.78, 5) is 25.7. The van der Waals surface area contributed by atoms with Crippen LogP contribution in [0.25, 0.3) is 0 Å². The lowest BCUT2D eigenvalue weighted by Gasteiger charge is -2.15. The topological polar surface area (TPSA) is 75.4 Å². The van der Waals surface area contributed by atoms with Crippen LogP contribution < -0.4 is 11.1 Å². The molecule has 1 aromatic carbocycles. The lowest BCUT2D eigenvalue weighted by Crippen LogP contribution is -2.31. The molecule has 1 aliphatic heterocycles. The van der Waals surface area contributed by atoms with Gasteiger partial charge in [-0.25, -0.2) is 0 Å². The minimum absolute atomic E-state index is 0.0806. The highest BCUT2D eigenvalue weighted by molar-refractivity contribution is 8.00. The van der Waals surface area contributed by atoms with E-state index >= 15 is 0 Å². The molecule has 0 saturated carbocycles. The molecular weight excluding hydrogens is 298 g/mol. The van der Waals surface area contributed by atoms with E-state index in [4.69, 9.17) is 5.73 Å². The minimum atomic E-state index is -0.0806. The third-order valence-electron chi connectivity index (χ3n) is 3.77. The van der Waals surface area contributed by atoms with Crippen LogP contribution in [0.5, 0.6) is 0 Å². The zero-order valence-electron chi connectivity index (χ0n) is 12.9. The molecule has 2 rings (SSSR count). The summed E-state index contributed by atoms with van der Waals surface area (Å²) in [5.41, 5.74) is 7.56. The molecule has 1 atom stereocenters. The molecule has 0 radical (unpaired) electrons. The van der Waals surface area contributed by atoms with Gasteiger partial charge in [-0.05, 0) is 37.9 Å². The van der Waals surface area contributed by atoms with Gasteiger partial charge in [-0.15, -0.1) is 11.8 Å². The van der Waals surface area contributed by atoms with Crippen LogP contribution in [0.2, 0.25) is 0 Å². The van der Waals surface area contributed by atoms with Gasteiger partial charge in [-0.1, -0.05) is 17.7 Å². The number of nitrogens with zero attached hydrogens (tertiary/aromatic N) is 1. The highest BCUT2D eigenvalue weighted by Gasteiger charge is 2.24. The van der Waals surface area contributed by atoms with Crippen LogP contribution in [0, 0.1) is 12.8 Å². The minimum Gasteiger partial charge on any atom is -0.342 e. The van der Waals surface area contributed by atoms with Crippen molar-refractivity contribution in [2.24, 2.45) is 11.7 Å². The fraction of sp³-hybridized carbons (Fsp3) is 0.500. The maximum Gasteiger partial charge on any atom is 0.234 e. The number of benzene rings is 1. The predicted octanol–water partition coefficient (Wildman–Crippen LogP) is 1.47. The van der Waals surface area contributed by atoms with E-state index in [1.54, 1.807) is 0 Å². The van der Waals surface area contributed by atoms with E-state index in [1.807, 2.05) is 36.1 Å². The van der Waals surface area contributed by atoms with E-state index < -0.39 is 0 Å². The van der Waals surface area contributed by atoms with Crippen molar-refractivity contribution >= 4 is 29.3 Å². The van der Waals surface area contributed by atoms with Crippen molar-refractivity contribution in [2.75, 3.05) is 36.5 Å². The highest BCUT2D eigenvalue weighted by Crippen LogP contribution is 2.16. The van der Waals surface area contributed by atoms with Gasteiger partial charge in [0.15, 0.2) is 0 Å². The van der Waals surface area contributed by atoms with Gasteiger partial charge in [0.1, 0.15) is 0 Å². The van der Waals surface area contributed by atoms with E-state index in [9.17, 15) is 9.59 Å². The SMILES string of the molecule is Cc1ccc(NC(=O)CSCC(=O)N2CCC(CN)C2)cc1. The second-order valence-electron chi connectivity index (χ2n) is 5.64. The third-order valence-corrected chi connectivity index (χ3v) is 4.68. The Hall–Kier alpha value is -1.53. The van der Waals surface area contributed by atoms with Gasteiger partial charge < -0.3 is 16.0 Å². The fourth-order valence-corrected chi connectivity index (χ4v) is 3.12. The van der Waals surface area contributed by atoms with Gasteiger partial charge in [0.25, 0.3) is 0 Å². The molecule has 22 heavy (non-hydrogen) atoms. The Kier molecular flexibility index (Phi) is 6.27. The number of carbonyl (C=O) groups is 2.